The molecule has 174 valence electrons. The Kier molecular flexibility index (Phi) is 7.89. The number of methoxy groups -OCH3 is 1. The van der Waals surface area contributed by atoms with E-state index in [2.05, 4.69) is 51.4 Å². The molecule has 0 unspecified atom stereocenters. The van der Waals surface area contributed by atoms with E-state index in [1.165, 1.54) is 18.2 Å². The highest BCUT2D eigenvalue weighted by Gasteiger charge is 2.15. The Morgan fingerprint density at radius 2 is 1.74 bits per heavy atom. The van der Waals surface area contributed by atoms with E-state index in [0.717, 1.165) is 42.9 Å². The molecule has 0 radical (unpaired) electrons. The van der Waals surface area contributed by atoms with Gasteiger partial charge in [0.05, 0.1) is 7.11 Å². The van der Waals surface area contributed by atoms with Gasteiger partial charge in [0.1, 0.15) is 0 Å². The van der Waals surface area contributed by atoms with Crippen molar-refractivity contribution in [1.82, 2.24) is 4.90 Å². The topological polar surface area (TPSA) is 58.6 Å². The van der Waals surface area contributed by atoms with Crippen molar-refractivity contribution < 1.29 is 14.3 Å². The molecular weight excluding hydrogens is 424 g/mol. The molecule has 0 aromatic heterocycles. The predicted molar refractivity (Wildman–Crippen MR) is 135 cm³/mol. The van der Waals surface area contributed by atoms with Gasteiger partial charge >= 0.3 is 5.97 Å². The second kappa shape index (κ2) is 11.4. The molecule has 5 heteroatoms. The van der Waals surface area contributed by atoms with Crippen molar-refractivity contribution in [2.75, 3.05) is 25.5 Å². The van der Waals surface area contributed by atoms with Gasteiger partial charge in [0, 0.05) is 37.3 Å². The Balaban J connectivity index is 1.35. The van der Waals surface area contributed by atoms with Crippen molar-refractivity contribution >= 4 is 23.1 Å². The van der Waals surface area contributed by atoms with Gasteiger partial charge in [0.15, 0.2) is 0 Å². The quantitative estimate of drug-likeness (QED) is 0.467. The van der Waals surface area contributed by atoms with E-state index in [-0.39, 0.29) is 11.9 Å². The fourth-order valence-corrected chi connectivity index (χ4v) is 4.13. The minimum atomic E-state index is -0.228. The SMILES string of the molecule is COC(=O)CCc1ccc(NC(=O)c2cccc(C3=CCN(Cc4ccccc4)CC3)c2)cc1. The largest absolute Gasteiger partial charge is 0.469 e. The maximum absolute atomic E-state index is 12.8. The molecule has 3 aromatic carbocycles. The first-order chi connectivity index (χ1) is 16.6. The number of carbonyl (C=O) groups is 2. The number of esters is 1. The lowest BCUT2D eigenvalue weighted by Crippen LogP contribution is -2.28. The zero-order valence-electron chi connectivity index (χ0n) is 19.5. The molecule has 1 N–H and O–H groups in total. The van der Waals surface area contributed by atoms with E-state index in [1.807, 2.05) is 48.5 Å². The number of benzene rings is 3. The molecule has 34 heavy (non-hydrogen) atoms. The zero-order chi connectivity index (χ0) is 23.8. The summed E-state index contributed by atoms with van der Waals surface area (Å²) in [5, 5.41) is 2.97. The van der Waals surface area contributed by atoms with Gasteiger partial charge in [-0.05, 0) is 59.4 Å². The Morgan fingerprint density at radius 3 is 2.44 bits per heavy atom. The van der Waals surface area contributed by atoms with Gasteiger partial charge in [-0.25, -0.2) is 0 Å². The third-order valence-corrected chi connectivity index (χ3v) is 6.10. The van der Waals surface area contributed by atoms with Crippen molar-refractivity contribution in [3.8, 4) is 0 Å². The summed E-state index contributed by atoms with van der Waals surface area (Å²) in [4.78, 5) is 26.6. The zero-order valence-corrected chi connectivity index (χ0v) is 19.5. The Morgan fingerprint density at radius 1 is 0.941 bits per heavy atom. The van der Waals surface area contributed by atoms with Crippen LogP contribution in [0.25, 0.3) is 5.57 Å². The number of hydrogen-bond acceptors (Lipinski definition) is 4. The number of hydrogen-bond donors (Lipinski definition) is 1. The Labute approximate surface area is 201 Å². The fraction of sp³-hybridized carbons (Fsp3) is 0.241. The first kappa shape index (κ1) is 23.5. The second-order valence-corrected chi connectivity index (χ2v) is 8.51. The van der Waals surface area contributed by atoms with Gasteiger partial charge in [0.25, 0.3) is 5.91 Å². The summed E-state index contributed by atoms with van der Waals surface area (Å²) < 4.78 is 4.68. The lowest BCUT2D eigenvalue weighted by molar-refractivity contribution is -0.140. The molecule has 1 heterocycles. The maximum atomic E-state index is 12.8. The molecule has 1 aliphatic rings. The van der Waals surface area contributed by atoms with Gasteiger partial charge in [0.2, 0.25) is 0 Å². The summed E-state index contributed by atoms with van der Waals surface area (Å²) in [7, 11) is 1.39. The van der Waals surface area contributed by atoms with Gasteiger partial charge in [-0.3, -0.25) is 14.5 Å². The first-order valence-corrected chi connectivity index (χ1v) is 11.6. The summed E-state index contributed by atoms with van der Waals surface area (Å²) in [5.41, 5.74) is 6.11. The van der Waals surface area contributed by atoms with Gasteiger partial charge in [-0.2, -0.15) is 0 Å². The fourth-order valence-electron chi connectivity index (χ4n) is 4.13. The minimum absolute atomic E-state index is 0.133. The lowest BCUT2D eigenvalue weighted by Gasteiger charge is -2.26. The molecule has 0 bridgehead atoms. The number of nitrogens with one attached hydrogen (secondary N) is 1. The molecule has 0 spiro atoms. The van der Waals surface area contributed by atoms with E-state index in [9.17, 15) is 9.59 Å². The van der Waals surface area contributed by atoms with Crippen molar-refractivity contribution in [2.24, 2.45) is 0 Å². The number of amides is 1. The van der Waals surface area contributed by atoms with Crippen LogP contribution in [0.3, 0.4) is 0 Å². The average Bonchev–Trinajstić information content (AvgIpc) is 2.89. The maximum Gasteiger partial charge on any atom is 0.305 e. The smallest absolute Gasteiger partial charge is 0.305 e. The molecular formula is C29H30N2O3. The molecule has 3 aromatic rings. The van der Waals surface area contributed by atoms with E-state index in [4.69, 9.17) is 0 Å². The standard InChI is InChI=1S/C29H30N2O3/c1-34-28(32)15-12-22-10-13-27(14-11-22)30-29(33)26-9-5-8-25(20-26)24-16-18-31(19-17-24)21-23-6-3-2-4-7-23/h2-11,13-14,16,20H,12,15,17-19,21H2,1H3,(H,30,33). The summed E-state index contributed by atoms with van der Waals surface area (Å²) in [6.07, 6.45) is 4.19. The minimum Gasteiger partial charge on any atom is -0.469 e. The highest BCUT2D eigenvalue weighted by atomic mass is 16.5. The Hall–Kier alpha value is -3.70. The molecule has 1 amide bonds. The van der Waals surface area contributed by atoms with Crippen LogP contribution in [0, 0.1) is 0 Å². The van der Waals surface area contributed by atoms with E-state index >= 15 is 0 Å². The number of carbonyl (C=O) groups excluding carboxylic acids is 2. The molecule has 0 saturated carbocycles. The highest BCUT2D eigenvalue weighted by molar-refractivity contribution is 6.04. The summed E-state index contributed by atoms with van der Waals surface area (Å²) in [6, 6.07) is 25.9. The van der Waals surface area contributed by atoms with Crippen LogP contribution in [0.4, 0.5) is 5.69 Å². The van der Waals surface area contributed by atoms with Crippen LogP contribution in [0.15, 0.2) is 84.9 Å². The van der Waals surface area contributed by atoms with Crippen molar-refractivity contribution in [3.05, 3.63) is 107 Å². The van der Waals surface area contributed by atoms with Crippen LogP contribution in [-0.2, 0) is 22.5 Å². The molecule has 0 saturated heterocycles. The molecule has 0 fully saturated rings. The normalized spacial score (nSPS) is 13.7. The third-order valence-electron chi connectivity index (χ3n) is 6.10. The van der Waals surface area contributed by atoms with Crippen LogP contribution in [0.1, 0.15) is 39.9 Å². The number of anilines is 1. The number of aryl methyl sites for hydroxylation is 1. The van der Waals surface area contributed by atoms with Crippen molar-refractivity contribution in [1.29, 1.82) is 0 Å². The van der Waals surface area contributed by atoms with Gasteiger partial charge < -0.3 is 10.1 Å². The summed E-state index contributed by atoms with van der Waals surface area (Å²) >= 11 is 0. The lowest BCUT2D eigenvalue weighted by atomic mass is 9.97. The molecule has 5 nitrogen and oxygen atoms in total. The molecule has 0 aliphatic carbocycles. The van der Waals surface area contributed by atoms with Crippen LogP contribution in [0.2, 0.25) is 0 Å². The van der Waals surface area contributed by atoms with Crippen LogP contribution in [0.5, 0.6) is 0 Å². The van der Waals surface area contributed by atoms with Gasteiger partial charge in [-0.1, -0.05) is 60.7 Å². The first-order valence-electron chi connectivity index (χ1n) is 11.6. The monoisotopic (exact) mass is 454 g/mol. The van der Waals surface area contributed by atoms with Gasteiger partial charge in [-0.15, -0.1) is 0 Å². The number of nitrogens with zero attached hydrogens (tertiary/aromatic N) is 1. The van der Waals surface area contributed by atoms with Crippen LogP contribution >= 0.6 is 0 Å². The van der Waals surface area contributed by atoms with E-state index in [0.29, 0.717) is 18.4 Å². The van der Waals surface area contributed by atoms with Crippen molar-refractivity contribution in [2.45, 2.75) is 25.8 Å². The van der Waals surface area contributed by atoms with E-state index in [1.54, 1.807) is 0 Å². The highest BCUT2D eigenvalue weighted by Crippen LogP contribution is 2.24. The number of ether oxygens (including phenoxy) is 1. The van der Waals surface area contributed by atoms with Crippen LogP contribution in [-0.4, -0.2) is 37.0 Å². The summed E-state index contributed by atoms with van der Waals surface area (Å²) in [5.74, 6) is -0.361. The van der Waals surface area contributed by atoms with E-state index < -0.39 is 0 Å². The average molecular weight is 455 g/mol. The third kappa shape index (κ3) is 6.42. The molecule has 4 rings (SSSR count). The molecule has 1 aliphatic heterocycles. The van der Waals surface area contributed by atoms with Crippen LogP contribution < -0.4 is 5.32 Å². The molecule has 0 atom stereocenters. The predicted octanol–water partition coefficient (Wildman–Crippen LogP) is 5.33. The summed E-state index contributed by atoms with van der Waals surface area (Å²) in [6.45, 7) is 2.86. The van der Waals surface area contributed by atoms with Crippen molar-refractivity contribution in [3.63, 3.8) is 0 Å². The Bertz CT molecular complexity index is 1150. The number of rotatable bonds is 8. The second-order valence-electron chi connectivity index (χ2n) is 8.51.